The van der Waals surface area contributed by atoms with Gasteiger partial charge in [-0.1, -0.05) is 13.8 Å². The molecule has 0 bridgehead atoms. The number of nitrogens with two attached hydrogens (primary N) is 1. The minimum absolute atomic E-state index is 0.151. The van der Waals surface area contributed by atoms with E-state index in [-0.39, 0.29) is 11.3 Å². The summed E-state index contributed by atoms with van der Waals surface area (Å²) < 4.78 is 0. The van der Waals surface area contributed by atoms with E-state index in [0.717, 1.165) is 32.5 Å². The second-order valence-corrected chi connectivity index (χ2v) is 5.15. The highest BCUT2D eigenvalue weighted by atomic mass is 16.2. The smallest absolute Gasteiger partial charge is 0.227 e. The van der Waals surface area contributed by atoms with Gasteiger partial charge in [-0.2, -0.15) is 0 Å². The first-order valence-corrected chi connectivity index (χ1v) is 6.21. The molecule has 3 N–H and O–H groups in total. The summed E-state index contributed by atoms with van der Waals surface area (Å²) in [5.74, 6) is 0.796. The largest absolute Gasteiger partial charge is 0.354 e. The number of nitrogens with zero attached hydrogens (tertiary/aromatic N) is 1. The normalized spacial score (nSPS) is 28.9. The molecule has 0 aliphatic heterocycles. The van der Waals surface area contributed by atoms with E-state index in [1.807, 2.05) is 0 Å². The van der Waals surface area contributed by atoms with Gasteiger partial charge in [-0.25, -0.2) is 0 Å². The number of hydrogen-bond acceptors (Lipinski definition) is 3. The first-order valence-electron chi connectivity index (χ1n) is 6.21. The van der Waals surface area contributed by atoms with E-state index in [4.69, 9.17) is 5.73 Å². The van der Waals surface area contributed by atoms with Crippen LogP contribution in [-0.2, 0) is 4.79 Å². The maximum Gasteiger partial charge on any atom is 0.227 e. The third kappa shape index (κ3) is 2.95. The van der Waals surface area contributed by atoms with Gasteiger partial charge in [0.15, 0.2) is 0 Å². The lowest BCUT2D eigenvalue weighted by molar-refractivity contribution is -0.138. The van der Waals surface area contributed by atoms with Crippen LogP contribution in [0.2, 0.25) is 0 Å². The predicted molar refractivity (Wildman–Crippen MR) is 66.1 cm³/mol. The van der Waals surface area contributed by atoms with Crippen molar-refractivity contribution in [3.63, 3.8) is 0 Å². The van der Waals surface area contributed by atoms with Gasteiger partial charge in [-0.3, -0.25) is 4.79 Å². The number of likely N-dealkylation sites (N-methyl/N-ethyl adjacent to an activating group) is 1. The van der Waals surface area contributed by atoms with Crippen LogP contribution in [0.1, 0.15) is 26.7 Å². The van der Waals surface area contributed by atoms with Gasteiger partial charge >= 0.3 is 0 Å². The highest BCUT2D eigenvalue weighted by Gasteiger charge is 2.46. The van der Waals surface area contributed by atoms with E-state index in [9.17, 15) is 4.79 Å². The molecule has 1 aliphatic carbocycles. The molecule has 1 saturated carbocycles. The zero-order valence-corrected chi connectivity index (χ0v) is 10.8. The van der Waals surface area contributed by atoms with Crippen molar-refractivity contribution >= 4 is 5.91 Å². The minimum atomic E-state index is -0.260. The Morgan fingerprint density at radius 2 is 2.19 bits per heavy atom. The second-order valence-electron chi connectivity index (χ2n) is 5.15. The van der Waals surface area contributed by atoms with Crippen LogP contribution in [0.5, 0.6) is 0 Å². The van der Waals surface area contributed by atoms with Gasteiger partial charge in [0.2, 0.25) is 5.91 Å². The van der Waals surface area contributed by atoms with Crippen LogP contribution in [0.3, 0.4) is 0 Å². The summed E-state index contributed by atoms with van der Waals surface area (Å²) in [6.07, 6.45) is 1.89. The van der Waals surface area contributed by atoms with Crippen molar-refractivity contribution in [1.29, 1.82) is 0 Å². The molecule has 0 radical (unpaired) electrons. The van der Waals surface area contributed by atoms with E-state index in [1.54, 1.807) is 0 Å². The fraction of sp³-hybridized carbons (Fsp3) is 0.917. The monoisotopic (exact) mass is 227 g/mol. The van der Waals surface area contributed by atoms with Crippen molar-refractivity contribution in [3.8, 4) is 0 Å². The van der Waals surface area contributed by atoms with Crippen molar-refractivity contribution in [2.24, 2.45) is 17.1 Å². The molecule has 1 rings (SSSR count). The molecule has 0 aromatic rings. The molecule has 0 atom stereocenters. The molecule has 1 amide bonds. The molecule has 0 aromatic carbocycles. The van der Waals surface area contributed by atoms with Crippen LogP contribution >= 0.6 is 0 Å². The van der Waals surface area contributed by atoms with Gasteiger partial charge in [0.1, 0.15) is 0 Å². The molecule has 0 unspecified atom stereocenters. The summed E-state index contributed by atoms with van der Waals surface area (Å²) in [5, 5.41) is 3.00. The third-order valence-electron chi connectivity index (χ3n) is 3.67. The van der Waals surface area contributed by atoms with Crippen LogP contribution in [0, 0.1) is 11.3 Å². The van der Waals surface area contributed by atoms with E-state index < -0.39 is 0 Å². The number of rotatable bonds is 6. The molecule has 4 heteroatoms. The van der Waals surface area contributed by atoms with Gasteiger partial charge < -0.3 is 16.0 Å². The third-order valence-corrected chi connectivity index (χ3v) is 3.67. The fourth-order valence-electron chi connectivity index (χ4n) is 2.42. The van der Waals surface area contributed by atoms with Crippen molar-refractivity contribution in [2.45, 2.75) is 26.7 Å². The molecule has 0 heterocycles. The summed E-state index contributed by atoms with van der Waals surface area (Å²) in [6, 6.07) is 0. The van der Waals surface area contributed by atoms with Crippen LogP contribution in [0.15, 0.2) is 0 Å². The van der Waals surface area contributed by atoms with Crippen molar-refractivity contribution in [1.82, 2.24) is 10.2 Å². The van der Waals surface area contributed by atoms with Crippen LogP contribution in [0.25, 0.3) is 0 Å². The van der Waals surface area contributed by atoms with E-state index in [1.165, 1.54) is 0 Å². The topological polar surface area (TPSA) is 58.4 Å². The summed E-state index contributed by atoms with van der Waals surface area (Å²) in [6.45, 7) is 7.39. The Hall–Kier alpha value is -0.610. The Morgan fingerprint density at radius 1 is 1.56 bits per heavy atom. The summed E-state index contributed by atoms with van der Waals surface area (Å²) >= 11 is 0. The van der Waals surface area contributed by atoms with Gasteiger partial charge in [-0.05, 0) is 32.4 Å². The van der Waals surface area contributed by atoms with Crippen molar-refractivity contribution < 1.29 is 4.79 Å². The quantitative estimate of drug-likeness (QED) is 0.692. The SMILES string of the molecule is CCN(C)CCNC(=O)C1(CN)CC(C)C1. The minimum Gasteiger partial charge on any atom is -0.354 e. The molecule has 1 aliphatic rings. The number of nitrogens with one attached hydrogen (secondary N) is 1. The molecular weight excluding hydrogens is 202 g/mol. The Kier molecular flexibility index (Phi) is 4.74. The number of hydrogen-bond donors (Lipinski definition) is 2. The second kappa shape index (κ2) is 5.64. The van der Waals surface area contributed by atoms with Crippen molar-refractivity contribution in [2.75, 3.05) is 33.2 Å². The summed E-state index contributed by atoms with van der Waals surface area (Å²) in [7, 11) is 2.05. The molecule has 0 aromatic heterocycles. The van der Waals surface area contributed by atoms with Crippen LogP contribution in [0.4, 0.5) is 0 Å². The first kappa shape index (κ1) is 13.5. The highest BCUT2D eigenvalue weighted by Crippen LogP contribution is 2.44. The van der Waals surface area contributed by atoms with Gasteiger partial charge in [0.25, 0.3) is 0 Å². The summed E-state index contributed by atoms with van der Waals surface area (Å²) in [4.78, 5) is 14.2. The first-order chi connectivity index (χ1) is 7.54. The zero-order valence-electron chi connectivity index (χ0n) is 10.8. The van der Waals surface area contributed by atoms with E-state index >= 15 is 0 Å². The maximum absolute atomic E-state index is 12.0. The van der Waals surface area contributed by atoms with Crippen molar-refractivity contribution in [3.05, 3.63) is 0 Å². The standard InChI is InChI=1S/C12H25N3O/c1-4-15(3)6-5-14-11(16)12(9-13)7-10(2)8-12/h10H,4-9,13H2,1-3H3,(H,14,16). The molecule has 1 fully saturated rings. The molecule has 16 heavy (non-hydrogen) atoms. The molecule has 0 spiro atoms. The fourth-order valence-corrected chi connectivity index (χ4v) is 2.42. The Morgan fingerprint density at radius 3 is 2.62 bits per heavy atom. The number of carbonyl (C=O) groups excluding carboxylic acids is 1. The average Bonchev–Trinajstić information content (AvgIpc) is 2.23. The zero-order chi connectivity index (χ0) is 12.2. The molecule has 0 saturated heterocycles. The van der Waals surface area contributed by atoms with Gasteiger partial charge in [0, 0.05) is 19.6 Å². The molecule has 4 nitrogen and oxygen atoms in total. The predicted octanol–water partition coefficient (Wildman–Crippen LogP) is 0.429. The lowest BCUT2D eigenvalue weighted by Gasteiger charge is -2.44. The number of carbonyl (C=O) groups is 1. The lowest BCUT2D eigenvalue weighted by Crippen LogP contribution is -2.54. The highest BCUT2D eigenvalue weighted by molar-refractivity contribution is 5.83. The Labute approximate surface area is 98.6 Å². The Balaban J connectivity index is 2.29. The average molecular weight is 227 g/mol. The van der Waals surface area contributed by atoms with Crippen LogP contribution in [-0.4, -0.2) is 44.0 Å². The van der Waals surface area contributed by atoms with Gasteiger partial charge in [0.05, 0.1) is 5.41 Å². The Bertz CT molecular complexity index is 236. The van der Waals surface area contributed by atoms with E-state index in [0.29, 0.717) is 12.5 Å². The molecular formula is C12H25N3O. The maximum atomic E-state index is 12.0. The summed E-state index contributed by atoms with van der Waals surface area (Å²) in [5.41, 5.74) is 5.46. The van der Waals surface area contributed by atoms with Crippen LogP contribution < -0.4 is 11.1 Å². The molecule has 94 valence electrons. The van der Waals surface area contributed by atoms with Gasteiger partial charge in [-0.15, -0.1) is 0 Å². The van der Waals surface area contributed by atoms with E-state index in [2.05, 4.69) is 31.1 Å². The lowest BCUT2D eigenvalue weighted by atomic mass is 9.62. The number of amides is 1.